The highest BCUT2D eigenvalue weighted by molar-refractivity contribution is 6.35. The maximum Gasteiger partial charge on any atom is 0.306 e. The Morgan fingerprint density at radius 2 is 2.07 bits per heavy atom. The van der Waals surface area contributed by atoms with E-state index in [2.05, 4.69) is 30.4 Å². The Kier molecular flexibility index (Phi) is 4.83. The van der Waals surface area contributed by atoms with Gasteiger partial charge >= 0.3 is 5.97 Å². The molecule has 1 saturated carbocycles. The molecule has 2 fully saturated rings. The zero-order chi connectivity index (χ0) is 21.0. The van der Waals surface area contributed by atoms with Gasteiger partial charge in [-0.3, -0.25) is 9.59 Å². The van der Waals surface area contributed by atoms with E-state index in [0.29, 0.717) is 23.0 Å². The summed E-state index contributed by atoms with van der Waals surface area (Å²) in [6.07, 6.45) is 2.76. The molecule has 2 aliphatic carbocycles. The van der Waals surface area contributed by atoms with Crippen molar-refractivity contribution in [1.29, 1.82) is 0 Å². The van der Waals surface area contributed by atoms with Gasteiger partial charge in [-0.15, -0.1) is 0 Å². The molecule has 2 aromatic rings. The Bertz CT molecular complexity index is 1050. The van der Waals surface area contributed by atoms with Crippen LogP contribution in [0.5, 0.6) is 0 Å². The molecule has 1 heterocycles. The number of fused-ring (bicyclic) bond motifs is 3. The molecular formula is C24H23Cl2NO3. The normalized spacial score (nSPS) is 29.0. The predicted molar refractivity (Wildman–Crippen MR) is 116 cm³/mol. The molecule has 4 atom stereocenters. The average molecular weight is 444 g/mol. The van der Waals surface area contributed by atoms with Gasteiger partial charge in [0, 0.05) is 22.0 Å². The van der Waals surface area contributed by atoms with Gasteiger partial charge in [0.2, 0.25) is 5.91 Å². The SMILES string of the molecule is Cc1cccc2c1C(C(=O)NCc1ccc(Cl)cc1Cl)C13CC(=O)OC(CCC21)C3. The Morgan fingerprint density at radius 3 is 2.87 bits per heavy atom. The Morgan fingerprint density at radius 1 is 1.23 bits per heavy atom. The summed E-state index contributed by atoms with van der Waals surface area (Å²) in [4.78, 5) is 26.1. The minimum absolute atomic E-state index is 0.0468. The molecule has 1 N–H and O–H groups in total. The lowest BCUT2D eigenvalue weighted by Gasteiger charge is -2.48. The second kappa shape index (κ2) is 7.28. The molecule has 5 rings (SSSR count). The number of hydrogen-bond acceptors (Lipinski definition) is 3. The van der Waals surface area contributed by atoms with Crippen LogP contribution in [0.15, 0.2) is 36.4 Å². The summed E-state index contributed by atoms with van der Waals surface area (Å²) in [5.41, 5.74) is 3.85. The first-order chi connectivity index (χ1) is 14.4. The van der Waals surface area contributed by atoms with Crippen molar-refractivity contribution >= 4 is 35.1 Å². The summed E-state index contributed by atoms with van der Waals surface area (Å²) >= 11 is 12.3. The van der Waals surface area contributed by atoms with Crippen LogP contribution in [-0.2, 0) is 20.9 Å². The van der Waals surface area contributed by atoms with Crippen LogP contribution >= 0.6 is 23.2 Å². The topological polar surface area (TPSA) is 55.4 Å². The maximum absolute atomic E-state index is 13.6. The van der Waals surface area contributed by atoms with Crippen LogP contribution < -0.4 is 5.32 Å². The van der Waals surface area contributed by atoms with Gasteiger partial charge in [-0.2, -0.15) is 0 Å². The van der Waals surface area contributed by atoms with Crippen LogP contribution in [-0.4, -0.2) is 18.0 Å². The molecule has 156 valence electrons. The van der Waals surface area contributed by atoms with Crippen LogP contribution in [0.4, 0.5) is 0 Å². The van der Waals surface area contributed by atoms with E-state index in [1.807, 2.05) is 6.07 Å². The first-order valence-corrected chi connectivity index (χ1v) is 11.1. The first-order valence-electron chi connectivity index (χ1n) is 10.4. The van der Waals surface area contributed by atoms with Crippen molar-refractivity contribution in [3.05, 3.63) is 68.7 Å². The highest BCUT2D eigenvalue weighted by atomic mass is 35.5. The van der Waals surface area contributed by atoms with E-state index in [0.717, 1.165) is 36.0 Å². The monoisotopic (exact) mass is 443 g/mol. The number of benzene rings is 2. The Balaban J connectivity index is 1.51. The van der Waals surface area contributed by atoms with E-state index in [1.54, 1.807) is 12.1 Å². The summed E-state index contributed by atoms with van der Waals surface area (Å²) in [5.74, 6) is -0.374. The molecule has 2 aromatic carbocycles. The first kappa shape index (κ1) is 19.9. The molecule has 1 spiro atoms. The number of halogens is 2. The van der Waals surface area contributed by atoms with Crippen molar-refractivity contribution in [3.8, 4) is 0 Å². The van der Waals surface area contributed by atoms with Gasteiger partial charge in [0.1, 0.15) is 6.10 Å². The third-order valence-corrected chi connectivity index (χ3v) is 7.76. The summed E-state index contributed by atoms with van der Waals surface area (Å²) in [6, 6.07) is 11.5. The van der Waals surface area contributed by atoms with Crippen LogP contribution in [0.1, 0.15) is 59.8 Å². The zero-order valence-corrected chi connectivity index (χ0v) is 18.2. The fraction of sp³-hybridized carbons (Fsp3) is 0.417. The summed E-state index contributed by atoms with van der Waals surface area (Å²) in [6.45, 7) is 2.38. The Hall–Kier alpha value is -2.04. The number of esters is 1. The molecule has 0 aromatic heterocycles. The lowest BCUT2D eigenvalue weighted by Crippen LogP contribution is -2.49. The molecule has 30 heavy (non-hydrogen) atoms. The maximum atomic E-state index is 13.6. The number of carbonyl (C=O) groups excluding carboxylic acids is 2. The smallest absolute Gasteiger partial charge is 0.306 e. The number of carbonyl (C=O) groups is 2. The van der Waals surface area contributed by atoms with Gasteiger partial charge in [-0.05, 0) is 66.5 Å². The number of ether oxygens (including phenoxy) is 1. The summed E-state index contributed by atoms with van der Waals surface area (Å²) in [5, 5.41) is 4.19. The second-order valence-corrected chi connectivity index (χ2v) is 9.66. The van der Waals surface area contributed by atoms with Gasteiger partial charge in [0.15, 0.2) is 0 Å². The van der Waals surface area contributed by atoms with Crippen molar-refractivity contribution in [2.75, 3.05) is 0 Å². The quantitative estimate of drug-likeness (QED) is 0.655. The van der Waals surface area contributed by atoms with Crippen molar-refractivity contribution in [2.24, 2.45) is 5.41 Å². The highest BCUT2D eigenvalue weighted by Crippen LogP contribution is 2.65. The van der Waals surface area contributed by atoms with Crippen molar-refractivity contribution < 1.29 is 14.3 Å². The number of aryl methyl sites for hydroxylation is 1. The second-order valence-electron chi connectivity index (χ2n) is 8.82. The lowest BCUT2D eigenvalue weighted by atomic mass is 9.59. The molecule has 1 saturated heterocycles. The molecule has 1 amide bonds. The molecule has 2 bridgehead atoms. The molecule has 3 aliphatic rings. The number of amides is 1. The number of hydrogen-bond donors (Lipinski definition) is 1. The van der Waals surface area contributed by atoms with Gasteiger partial charge in [-0.25, -0.2) is 0 Å². The molecule has 0 radical (unpaired) electrons. The number of rotatable bonds is 3. The molecule has 4 unspecified atom stereocenters. The lowest BCUT2D eigenvalue weighted by molar-refractivity contribution is -0.170. The van der Waals surface area contributed by atoms with E-state index in [-0.39, 0.29) is 29.8 Å². The van der Waals surface area contributed by atoms with Crippen molar-refractivity contribution in [3.63, 3.8) is 0 Å². The predicted octanol–water partition coefficient (Wildman–Crippen LogP) is 5.28. The molecule has 1 aliphatic heterocycles. The molecule has 6 heteroatoms. The van der Waals surface area contributed by atoms with E-state index in [4.69, 9.17) is 27.9 Å². The van der Waals surface area contributed by atoms with E-state index < -0.39 is 5.41 Å². The molecular weight excluding hydrogens is 421 g/mol. The van der Waals surface area contributed by atoms with Gasteiger partial charge in [0.25, 0.3) is 0 Å². The van der Waals surface area contributed by atoms with Crippen molar-refractivity contribution in [2.45, 2.75) is 57.1 Å². The van der Waals surface area contributed by atoms with Crippen LogP contribution in [0.2, 0.25) is 10.0 Å². The minimum Gasteiger partial charge on any atom is -0.462 e. The van der Waals surface area contributed by atoms with E-state index >= 15 is 0 Å². The van der Waals surface area contributed by atoms with Crippen LogP contribution in [0.25, 0.3) is 0 Å². The summed E-state index contributed by atoms with van der Waals surface area (Å²) < 4.78 is 5.57. The minimum atomic E-state index is -0.402. The van der Waals surface area contributed by atoms with Gasteiger partial charge in [0.05, 0.1) is 12.3 Å². The largest absolute Gasteiger partial charge is 0.462 e. The zero-order valence-electron chi connectivity index (χ0n) is 16.7. The van der Waals surface area contributed by atoms with Gasteiger partial charge < -0.3 is 10.1 Å². The highest BCUT2D eigenvalue weighted by Gasteiger charge is 2.61. The van der Waals surface area contributed by atoms with Crippen LogP contribution in [0, 0.1) is 12.3 Å². The standard InChI is InChI=1S/C24H23Cl2NO3/c1-13-3-2-4-17-18-8-7-16-10-24(18,11-20(28)30-16)22(21(13)17)23(29)27-12-14-5-6-15(25)9-19(14)26/h2-6,9,16,18,22H,7-8,10-12H2,1H3,(H,27,29). The van der Waals surface area contributed by atoms with Gasteiger partial charge in [-0.1, -0.05) is 47.5 Å². The Labute approximate surface area is 185 Å². The fourth-order valence-corrected chi connectivity index (χ4v) is 6.49. The third-order valence-electron chi connectivity index (χ3n) is 7.18. The average Bonchev–Trinajstić information content (AvgIpc) is 2.95. The summed E-state index contributed by atoms with van der Waals surface area (Å²) in [7, 11) is 0. The van der Waals surface area contributed by atoms with E-state index in [1.165, 1.54) is 5.56 Å². The number of nitrogens with one attached hydrogen (secondary N) is 1. The fourth-order valence-electron chi connectivity index (χ4n) is 6.02. The van der Waals surface area contributed by atoms with E-state index in [9.17, 15) is 9.59 Å². The van der Waals surface area contributed by atoms with Crippen molar-refractivity contribution in [1.82, 2.24) is 5.32 Å². The molecule has 4 nitrogen and oxygen atoms in total. The van der Waals surface area contributed by atoms with Crippen LogP contribution in [0.3, 0.4) is 0 Å². The third kappa shape index (κ3) is 3.04.